The minimum atomic E-state index is -3.67. The van der Waals surface area contributed by atoms with E-state index < -0.39 is 10.0 Å². The van der Waals surface area contributed by atoms with Crippen molar-refractivity contribution in [3.05, 3.63) is 29.8 Å². The van der Waals surface area contributed by atoms with Crippen molar-refractivity contribution in [2.75, 3.05) is 6.54 Å². The second kappa shape index (κ2) is 5.96. The van der Waals surface area contributed by atoms with Crippen molar-refractivity contribution in [3.8, 4) is 6.07 Å². The summed E-state index contributed by atoms with van der Waals surface area (Å²) < 4.78 is 22.5. The highest BCUT2D eigenvalue weighted by Gasteiger charge is 2.11. The van der Waals surface area contributed by atoms with Gasteiger partial charge >= 0.3 is 0 Å². The highest BCUT2D eigenvalue weighted by Crippen LogP contribution is 2.16. The number of sulfonamides is 1. The van der Waals surface area contributed by atoms with Crippen molar-refractivity contribution < 1.29 is 8.42 Å². The molecule has 0 spiro atoms. The highest BCUT2D eigenvalue weighted by atomic mass is 32.2. The van der Waals surface area contributed by atoms with Gasteiger partial charge in [-0.05, 0) is 31.5 Å². The van der Waals surface area contributed by atoms with Crippen LogP contribution < -0.4 is 10.5 Å². The van der Waals surface area contributed by atoms with E-state index in [1.807, 2.05) is 19.9 Å². The van der Waals surface area contributed by atoms with Crippen LogP contribution in [0.15, 0.2) is 29.2 Å². The fourth-order valence-electron chi connectivity index (χ4n) is 1.48. The molecule has 2 atom stereocenters. The van der Waals surface area contributed by atoms with Gasteiger partial charge in [0.1, 0.15) is 0 Å². The van der Waals surface area contributed by atoms with E-state index in [0.717, 1.165) is 5.56 Å². The lowest BCUT2D eigenvalue weighted by molar-refractivity contribution is 0.527. The first kappa shape index (κ1) is 14.6. The highest BCUT2D eigenvalue weighted by molar-refractivity contribution is 7.89. The van der Waals surface area contributed by atoms with E-state index in [0.29, 0.717) is 6.54 Å². The summed E-state index contributed by atoms with van der Waals surface area (Å²) in [5.41, 5.74) is 0.826. The zero-order valence-corrected chi connectivity index (χ0v) is 11.2. The molecular weight excluding hydrogens is 250 g/mol. The molecule has 0 saturated carbocycles. The third kappa shape index (κ3) is 4.11. The fraction of sp³-hybridized carbons (Fsp3) is 0.417. The van der Waals surface area contributed by atoms with Crippen LogP contribution in [0.25, 0.3) is 0 Å². The van der Waals surface area contributed by atoms with E-state index in [9.17, 15) is 8.42 Å². The van der Waals surface area contributed by atoms with Crippen LogP contribution in [0.4, 0.5) is 0 Å². The van der Waals surface area contributed by atoms with Gasteiger partial charge in [0.2, 0.25) is 10.0 Å². The zero-order chi connectivity index (χ0) is 13.8. The summed E-state index contributed by atoms with van der Waals surface area (Å²) in [6.45, 7) is 4.28. The number of primary sulfonamides is 1. The Bertz CT molecular complexity index is 549. The monoisotopic (exact) mass is 267 g/mol. The average molecular weight is 267 g/mol. The molecule has 0 aliphatic rings. The van der Waals surface area contributed by atoms with E-state index in [2.05, 4.69) is 11.4 Å². The summed E-state index contributed by atoms with van der Waals surface area (Å²) in [6.07, 6.45) is 0. The Labute approximate surface area is 108 Å². The van der Waals surface area contributed by atoms with Crippen molar-refractivity contribution in [3.63, 3.8) is 0 Å². The van der Waals surface area contributed by atoms with Crippen molar-refractivity contribution >= 4 is 10.0 Å². The summed E-state index contributed by atoms with van der Waals surface area (Å²) in [5.74, 6) is -0.0890. The number of nitrogens with zero attached hydrogens (tertiary/aromatic N) is 1. The van der Waals surface area contributed by atoms with Crippen LogP contribution in [0.5, 0.6) is 0 Å². The number of benzene rings is 1. The molecule has 0 aromatic heterocycles. The van der Waals surface area contributed by atoms with Gasteiger partial charge < -0.3 is 5.32 Å². The lowest BCUT2D eigenvalue weighted by Gasteiger charge is -2.15. The third-order valence-corrected chi connectivity index (χ3v) is 3.55. The van der Waals surface area contributed by atoms with Crippen LogP contribution in [0, 0.1) is 17.2 Å². The van der Waals surface area contributed by atoms with Crippen LogP contribution in [-0.4, -0.2) is 15.0 Å². The molecule has 18 heavy (non-hydrogen) atoms. The first-order chi connectivity index (χ1) is 8.34. The van der Waals surface area contributed by atoms with Crippen LogP contribution in [0.3, 0.4) is 0 Å². The first-order valence-corrected chi connectivity index (χ1v) is 7.15. The Balaban J connectivity index is 2.81. The van der Waals surface area contributed by atoms with Crippen molar-refractivity contribution in [2.24, 2.45) is 11.1 Å². The number of nitriles is 1. The molecule has 1 aromatic carbocycles. The topological polar surface area (TPSA) is 96.0 Å². The Morgan fingerprint density at radius 3 is 2.67 bits per heavy atom. The maximum absolute atomic E-state index is 11.2. The number of nitrogens with one attached hydrogen (secondary N) is 1. The number of nitrogens with two attached hydrogens (primary N) is 1. The first-order valence-electron chi connectivity index (χ1n) is 5.60. The van der Waals surface area contributed by atoms with Gasteiger partial charge in [0, 0.05) is 12.6 Å². The van der Waals surface area contributed by atoms with Gasteiger partial charge in [0.25, 0.3) is 0 Å². The lowest BCUT2D eigenvalue weighted by Crippen LogP contribution is -2.24. The summed E-state index contributed by atoms with van der Waals surface area (Å²) in [6, 6.07) is 8.57. The van der Waals surface area contributed by atoms with Crippen LogP contribution in [-0.2, 0) is 10.0 Å². The Kier molecular flexibility index (Phi) is 4.84. The summed E-state index contributed by atoms with van der Waals surface area (Å²) >= 11 is 0. The van der Waals surface area contributed by atoms with E-state index >= 15 is 0 Å². The largest absolute Gasteiger partial charge is 0.309 e. The van der Waals surface area contributed by atoms with Gasteiger partial charge in [-0.25, -0.2) is 13.6 Å². The van der Waals surface area contributed by atoms with Crippen LogP contribution >= 0.6 is 0 Å². The van der Waals surface area contributed by atoms with Gasteiger partial charge in [0.05, 0.1) is 16.9 Å². The molecule has 0 saturated heterocycles. The molecule has 6 heteroatoms. The molecule has 0 aliphatic heterocycles. The van der Waals surface area contributed by atoms with E-state index in [1.165, 1.54) is 6.07 Å². The second-order valence-corrected chi connectivity index (χ2v) is 5.84. The quantitative estimate of drug-likeness (QED) is 0.836. The number of rotatable bonds is 5. The molecule has 0 heterocycles. The Hall–Kier alpha value is -1.42. The molecule has 1 rings (SSSR count). The van der Waals surface area contributed by atoms with Crippen molar-refractivity contribution in [2.45, 2.75) is 24.8 Å². The molecule has 3 N–H and O–H groups in total. The predicted octanol–water partition coefficient (Wildman–Crippen LogP) is 1.14. The molecule has 0 amide bonds. The average Bonchev–Trinajstić information content (AvgIpc) is 2.34. The summed E-state index contributed by atoms with van der Waals surface area (Å²) in [4.78, 5) is 0.0991. The third-order valence-electron chi connectivity index (χ3n) is 2.64. The van der Waals surface area contributed by atoms with E-state index in [4.69, 9.17) is 10.4 Å². The molecular formula is C12H17N3O2S. The smallest absolute Gasteiger partial charge is 0.238 e. The Morgan fingerprint density at radius 2 is 2.11 bits per heavy atom. The molecule has 1 aromatic rings. The molecule has 2 unspecified atom stereocenters. The maximum atomic E-state index is 11.2. The van der Waals surface area contributed by atoms with Crippen LogP contribution in [0.2, 0.25) is 0 Å². The maximum Gasteiger partial charge on any atom is 0.238 e. The van der Waals surface area contributed by atoms with Gasteiger partial charge in [-0.2, -0.15) is 5.26 Å². The molecule has 0 fully saturated rings. The van der Waals surface area contributed by atoms with Crippen LogP contribution in [0.1, 0.15) is 25.5 Å². The minimum absolute atomic E-state index is 0.0394. The lowest BCUT2D eigenvalue weighted by atomic mass is 10.1. The Morgan fingerprint density at radius 1 is 1.44 bits per heavy atom. The zero-order valence-electron chi connectivity index (χ0n) is 10.4. The normalized spacial score (nSPS) is 14.8. The van der Waals surface area contributed by atoms with Gasteiger partial charge in [0.15, 0.2) is 0 Å². The van der Waals surface area contributed by atoms with Gasteiger partial charge in [-0.1, -0.05) is 12.1 Å². The molecule has 0 aliphatic carbocycles. The minimum Gasteiger partial charge on any atom is -0.309 e. The molecule has 0 radical (unpaired) electrons. The number of hydrogen-bond acceptors (Lipinski definition) is 4. The van der Waals surface area contributed by atoms with Gasteiger partial charge in [-0.15, -0.1) is 0 Å². The van der Waals surface area contributed by atoms with E-state index in [1.54, 1.807) is 12.1 Å². The molecule has 0 bridgehead atoms. The van der Waals surface area contributed by atoms with E-state index in [-0.39, 0.29) is 16.9 Å². The number of hydrogen-bond donors (Lipinski definition) is 2. The predicted molar refractivity (Wildman–Crippen MR) is 69.0 cm³/mol. The second-order valence-electron chi connectivity index (χ2n) is 4.28. The fourth-order valence-corrected chi connectivity index (χ4v) is 2.05. The van der Waals surface area contributed by atoms with Gasteiger partial charge in [-0.3, -0.25) is 0 Å². The summed E-state index contributed by atoms with van der Waals surface area (Å²) in [5, 5.41) is 16.9. The van der Waals surface area contributed by atoms with Crippen molar-refractivity contribution in [1.29, 1.82) is 5.26 Å². The molecule has 98 valence electrons. The SMILES string of the molecule is CC(C#N)CNC(C)c1cccc(S(N)(=O)=O)c1. The van der Waals surface area contributed by atoms with Crippen molar-refractivity contribution in [1.82, 2.24) is 5.32 Å². The molecule has 5 nitrogen and oxygen atoms in total. The summed E-state index contributed by atoms with van der Waals surface area (Å²) in [7, 11) is -3.67. The standard InChI is InChI=1S/C12H17N3O2S/c1-9(7-13)8-15-10(2)11-4-3-5-12(6-11)18(14,16)17/h3-6,9-10,15H,8H2,1-2H3,(H2,14,16,17).